The van der Waals surface area contributed by atoms with Gasteiger partial charge in [-0.1, -0.05) is 51.4 Å². The maximum atomic E-state index is 10.5. The summed E-state index contributed by atoms with van der Waals surface area (Å²) < 4.78 is 0. The van der Waals surface area contributed by atoms with E-state index in [2.05, 4.69) is 0 Å². The minimum Gasteiger partial charge on any atom is -0.480 e. The van der Waals surface area contributed by atoms with Gasteiger partial charge in [0.15, 0.2) is 0 Å². The molecule has 0 aliphatic heterocycles. The van der Waals surface area contributed by atoms with Crippen molar-refractivity contribution in [3.63, 3.8) is 0 Å². The number of aliphatic carboxylic acids is 2. The molecule has 0 saturated carbocycles. The molecule has 6 heteroatoms. The van der Waals surface area contributed by atoms with Crippen molar-refractivity contribution in [1.29, 1.82) is 0 Å². The number of unbranched alkanes of at least 4 members (excludes halogenated alkanes) is 7. The fraction of sp³-hybridized carbons (Fsp3) is 0.857. The summed E-state index contributed by atoms with van der Waals surface area (Å²) in [5.41, 5.74) is 0. The highest BCUT2D eigenvalue weighted by molar-refractivity contribution is 6.29. The summed E-state index contributed by atoms with van der Waals surface area (Å²) in [4.78, 5) is 21.0. The van der Waals surface area contributed by atoms with Gasteiger partial charge in [-0.15, -0.1) is 23.2 Å². The molecule has 0 spiro atoms. The van der Waals surface area contributed by atoms with E-state index in [0.717, 1.165) is 51.4 Å². The number of hydrogen-bond donors (Lipinski definition) is 2. The molecule has 2 atom stereocenters. The molecule has 0 aliphatic rings. The lowest BCUT2D eigenvalue weighted by Crippen LogP contribution is -2.12. The summed E-state index contributed by atoms with van der Waals surface area (Å²) in [5, 5.41) is 15.7. The van der Waals surface area contributed by atoms with E-state index in [1.54, 1.807) is 0 Å². The van der Waals surface area contributed by atoms with Gasteiger partial charge in [0, 0.05) is 0 Å². The van der Waals surface area contributed by atoms with Crippen molar-refractivity contribution in [3.05, 3.63) is 0 Å². The molecule has 0 amide bonds. The van der Waals surface area contributed by atoms with Crippen molar-refractivity contribution in [2.24, 2.45) is 0 Å². The smallest absolute Gasteiger partial charge is 0.321 e. The highest BCUT2D eigenvalue weighted by Crippen LogP contribution is 2.14. The van der Waals surface area contributed by atoms with Crippen LogP contribution in [-0.2, 0) is 9.59 Å². The Morgan fingerprint density at radius 1 is 0.650 bits per heavy atom. The van der Waals surface area contributed by atoms with Gasteiger partial charge in [-0.05, 0) is 12.8 Å². The van der Waals surface area contributed by atoms with Crippen LogP contribution >= 0.6 is 23.2 Å². The molecule has 20 heavy (non-hydrogen) atoms. The second kappa shape index (κ2) is 12.3. The number of carboxylic acid groups (broad SMARTS) is 2. The quantitative estimate of drug-likeness (QED) is 0.391. The molecule has 0 bridgehead atoms. The van der Waals surface area contributed by atoms with Crippen molar-refractivity contribution in [2.75, 3.05) is 0 Å². The Kier molecular flexibility index (Phi) is 12.0. The number of carbonyl (C=O) groups is 2. The van der Waals surface area contributed by atoms with Gasteiger partial charge in [0.05, 0.1) is 0 Å². The van der Waals surface area contributed by atoms with Gasteiger partial charge >= 0.3 is 11.9 Å². The molecule has 0 fully saturated rings. The number of alkyl halides is 2. The summed E-state index contributed by atoms with van der Waals surface area (Å²) in [5.74, 6) is -1.88. The topological polar surface area (TPSA) is 74.6 Å². The average Bonchev–Trinajstić information content (AvgIpc) is 2.39. The first kappa shape index (κ1) is 19.5. The largest absolute Gasteiger partial charge is 0.480 e. The molecular formula is C14H24Cl2O4. The molecule has 2 unspecified atom stereocenters. The summed E-state index contributed by atoms with van der Waals surface area (Å²) in [6, 6.07) is 0. The van der Waals surface area contributed by atoms with E-state index in [0.29, 0.717) is 12.8 Å². The molecule has 0 saturated heterocycles. The van der Waals surface area contributed by atoms with Crippen molar-refractivity contribution in [2.45, 2.75) is 75.0 Å². The van der Waals surface area contributed by atoms with Crippen molar-refractivity contribution >= 4 is 35.1 Å². The van der Waals surface area contributed by atoms with Gasteiger partial charge < -0.3 is 10.2 Å². The Labute approximate surface area is 130 Å². The molecule has 0 aromatic heterocycles. The standard InChI is InChI=1S/C14H24Cl2O4/c15-11(13(17)18)9-7-5-3-1-2-4-6-8-10-12(16)14(19)20/h11-12H,1-10H2,(H,17,18)(H,19,20). The maximum absolute atomic E-state index is 10.5. The first-order valence-electron chi connectivity index (χ1n) is 7.19. The van der Waals surface area contributed by atoms with Crippen molar-refractivity contribution < 1.29 is 19.8 Å². The molecule has 0 aromatic rings. The molecule has 0 heterocycles. The molecule has 0 rings (SSSR count). The van der Waals surface area contributed by atoms with E-state index in [1.807, 2.05) is 0 Å². The molecule has 118 valence electrons. The lowest BCUT2D eigenvalue weighted by atomic mass is 10.0. The SMILES string of the molecule is O=C(O)C(Cl)CCCCCCCCCCC(Cl)C(=O)O. The van der Waals surface area contributed by atoms with Crippen LogP contribution < -0.4 is 0 Å². The fourth-order valence-electron chi connectivity index (χ4n) is 1.95. The second-order valence-electron chi connectivity index (χ2n) is 5.02. The molecule has 0 aliphatic carbocycles. The highest BCUT2D eigenvalue weighted by Gasteiger charge is 2.12. The van der Waals surface area contributed by atoms with Crippen LogP contribution in [0.3, 0.4) is 0 Å². The van der Waals surface area contributed by atoms with Crippen LogP contribution in [0.1, 0.15) is 64.2 Å². The van der Waals surface area contributed by atoms with Crippen LogP contribution in [0.5, 0.6) is 0 Å². The summed E-state index contributed by atoms with van der Waals surface area (Å²) in [6.45, 7) is 0. The number of halogens is 2. The van der Waals surface area contributed by atoms with Gasteiger partial charge in [0.1, 0.15) is 10.8 Å². The van der Waals surface area contributed by atoms with E-state index in [9.17, 15) is 9.59 Å². The summed E-state index contributed by atoms with van der Waals surface area (Å²) in [6.07, 6.45) is 9.24. The molecule has 4 nitrogen and oxygen atoms in total. The molecular weight excluding hydrogens is 303 g/mol. The van der Waals surface area contributed by atoms with Crippen molar-refractivity contribution in [3.8, 4) is 0 Å². The van der Waals surface area contributed by atoms with E-state index < -0.39 is 22.7 Å². The van der Waals surface area contributed by atoms with Crippen LogP contribution in [0.4, 0.5) is 0 Å². The minimum absolute atomic E-state index is 0.531. The van der Waals surface area contributed by atoms with E-state index in [4.69, 9.17) is 33.4 Å². The minimum atomic E-state index is -0.939. The molecule has 0 aromatic carbocycles. The highest BCUT2D eigenvalue weighted by atomic mass is 35.5. The zero-order valence-corrected chi connectivity index (χ0v) is 13.2. The third-order valence-electron chi connectivity index (χ3n) is 3.20. The number of hydrogen-bond acceptors (Lipinski definition) is 2. The van der Waals surface area contributed by atoms with E-state index in [1.165, 1.54) is 0 Å². The first-order chi connectivity index (χ1) is 9.45. The summed E-state index contributed by atoms with van der Waals surface area (Å²) >= 11 is 11.2. The van der Waals surface area contributed by atoms with Crippen LogP contribution in [0.25, 0.3) is 0 Å². The summed E-state index contributed by atoms with van der Waals surface area (Å²) in [7, 11) is 0. The fourth-order valence-corrected chi connectivity index (χ4v) is 2.26. The molecule has 0 radical (unpaired) electrons. The Balaban J connectivity index is 3.21. The maximum Gasteiger partial charge on any atom is 0.321 e. The zero-order chi connectivity index (χ0) is 15.4. The Morgan fingerprint density at radius 2 is 0.900 bits per heavy atom. The van der Waals surface area contributed by atoms with Gasteiger partial charge in [0.25, 0.3) is 0 Å². The van der Waals surface area contributed by atoms with Crippen molar-refractivity contribution in [1.82, 2.24) is 0 Å². The third-order valence-corrected chi connectivity index (χ3v) is 4.01. The van der Waals surface area contributed by atoms with E-state index >= 15 is 0 Å². The zero-order valence-electron chi connectivity index (χ0n) is 11.7. The van der Waals surface area contributed by atoms with Gasteiger partial charge in [-0.2, -0.15) is 0 Å². The van der Waals surface area contributed by atoms with Crippen LogP contribution in [0.15, 0.2) is 0 Å². The van der Waals surface area contributed by atoms with E-state index in [-0.39, 0.29) is 0 Å². The predicted molar refractivity (Wildman–Crippen MR) is 80.7 cm³/mol. The Bertz CT molecular complexity index is 256. The Hall–Kier alpha value is -0.480. The van der Waals surface area contributed by atoms with Crippen LogP contribution in [-0.4, -0.2) is 32.9 Å². The monoisotopic (exact) mass is 326 g/mol. The third kappa shape index (κ3) is 11.4. The normalized spacial score (nSPS) is 13.9. The van der Waals surface area contributed by atoms with Crippen LogP contribution in [0, 0.1) is 0 Å². The molecule has 2 N–H and O–H groups in total. The van der Waals surface area contributed by atoms with Gasteiger partial charge in [-0.25, -0.2) is 0 Å². The average molecular weight is 327 g/mol. The van der Waals surface area contributed by atoms with Gasteiger partial charge in [-0.3, -0.25) is 9.59 Å². The second-order valence-corrected chi connectivity index (χ2v) is 6.07. The predicted octanol–water partition coefficient (Wildman–Crippen LogP) is 4.27. The number of carboxylic acids is 2. The first-order valence-corrected chi connectivity index (χ1v) is 8.06. The number of rotatable bonds is 13. The lowest BCUT2D eigenvalue weighted by molar-refractivity contribution is -0.137. The van der Waals surface area contributed by atoms with Gasteiger partial charge in [0.2, 0.25) is 0 Å². The Morgan fingerprint density at radius 3 is 1.15 bits per heavy atom. The van der Waals surface area contributed by atoms with Crippen LogP contribution in [0.2, 0.25) is 0 Å². The lowest BCUT2D eigenvalue weighted by Gasteiger charge is -2.05.